The number of amides is 1. The SMILES string of the molecule is CCOc1ccc(NC(=O)CSC2=C(C#N)[C@H](c3ccccc3Cl)[C@@H](C(=O)c3cccs3)[C@](O)(C(F)(F)F)N2)cc1. The molecular weight excluding hydrogens is 599 g/mol. The molecule has 2 aromatic carbocycles. The molecule has 0 saturated carbocycles. The average Bonchev–Trinajstić information content (AvgIpc) is 3.47. The second-order valence-corrected chi connectivity index (χ2v) is 11.2. The van der Waals surface area contributed by atoms with Gasteiger partial charge in [0, 0.05) is 16.6 Å². The number of thioether (sulfide) groups is 1. The summed E-state index contributed by atoms with van der Waals surface area (Å²) >= 11 is 7.89. The highest BCUT2D eigenvalue weighted by atomic mass is 35.5. The lowest BCUT2D eigenvalue weighted by Gasteiger charge is -2.45. The maximum atomic E-state index is 14.6. The third kappa shape index (κ3) is 6.38. The summed E-state index contributed by atoms with van der Waals surface area (Å²) in [5, 5.41) is 27.2. The molecule has 0 saturated heterocycles. The summed E-state index contributed by atoms with van der Waals surface area (Å²) in [5.41, 5.74) is -3.57. The number of anilines is 1. The first-order valence-electron chi connectivity index (χ1n) is 12.2. The summed E-state index contributed by atoms with van der Waals surface area (Å²) in [6.45, 7) is 2.29. The normalized spacial score (nSPS) is 20.6. The molecule has 1 amide bonds. The van der Waals surface area contributed by atoms with E-state index in [1.807, 2.05) is 18.3 Å². The number of carbonyl (C=O) groups excluding carboxylic acids is 2. The molecular formula is C28H23ClF3N3O4S2. The standard InChI is InChI=1S/C28H23ClF3N3O4S2/c1-2-39-17-11-9-16(10-12-17)34-22(36)15-41-26-19(14-33)23(18-6-3-4-7-20(18)29)24(25(37)21-8-5-13-40-21)27(38,35-26)28(30,31)32/h3-13,23-24,35,38H,2,15H2,1H3,(H,34,36)/t23-,24-,27-/m0/s1. The third-order valence-electron chi connectivity index (χ3n) is 6.28. The van der Waals surface area contributed by atoms with Gasteiger partial charge in [-0.3, -0.25) is 9.59 Å². The predicted molar refractivity (Wildman–Crippen MR) is 152 cm³/mol. The quantitative estimate of drug-likeness (QED) is 0.239. The minimum Gasteiger partial charge on any atom is -0.494 e. The van der Waals surface area contributed by atoms with Gasteiger partial charge >= 0.3 is 6.18 Å². The van der Waals surface area contributed by atoms with Crippen molar-refractivity contribution in [2.75, 3.05) is 17.7 Å². The molecule has 0 aliphatic carbocycles. The summed E-state index contributed by atoms with van der Waals surface area (Å²) in [4.78, 5) is 26.2. The Balaban J connectivity index is 1.73. The number of aliphatic hydroxyl groups is 1. The van der Waals surface area contributed by atoms with Crippen LogP contribution in [-0.4, -0.2) is 41.1 Å². The Kier molecular flexibility index (Phi) is 9.34. The molecule has 0 spiro atoms. The van der Waals surface area contributed by atoms with E-state index in [9.17, 15) is 33.1 Å². The molecule has 7 nitrogen and oxygen atoms in total. The van der Waals surface area contributed by atoms with Crippen molar-refractivity contribution in [2.45, 2.75) is 24.7 Å². The number of nitrogens with zero attached hydrogens (tertiary/aromatic N) is 1. The number of benzene rings is 2. The monoisotopic (exact) mass is 621 g/mol. The number of alkyl halides is 3. The fraction of sp³-hybridized carbons (Fsp3) is 0.250. The van der Waals surface area contributed by atoms with Gasteiger partial charge in [-0.1, -0.05) is 47.6 Å². The summed E-state index contributed by atoms with van der Waals surface area (Å²) in [5.74, 6) is -5.17. The van der Waals surface area contributed by atoms with E-state index in [2.05, 4.69) is 5.32 Å². The van der Waals surface area contributed by atoms with E-state index in [1.165, 1.54) is 35.7 Å². The number of thiophene rings is 1. The zero-order valence-electron chi connectivity index (χ0n) is 21.4. The van der Waals surface area contributed by atoms with Crippen molar-refractivity contribution in [3.05, 3.63) is 92.1 Å². The highest BCUT2D eigenvalue weighted by Gasteiger charge is 2.66. The van der Waals surface area contributed by atoms with Crippen molar-refractivity contribution < 1.29 is 32.6 Å². The number of ketones is 1. The van der Waals surface area contributed by atoms with E-state index < -0.39 is 46.2 Å². The Bertz CT molecular complexity index is 1490. The Morgan fingerprint density at radius 3 is 2.49 bits per heavy atom. The van der Waals surface area contributed by atoms with Gasteiger partial charge in [0.05, 0.1) is 39.8 Å². The van der Waals surface area contributed by atoms with E-state index in [4.69, 9.17) is 16.3 Å². The Morgan fingerprint density at radius 2 is 1.90 bits per heavy atom. The van der Waals surface area contributed by atoms with E-state index in [1.54, 1.807) is 30.3 Å². The molecule has 3 atom stereocenters. The van der Waals surface area contributed by atoms with Crippen LogP contribution < -0.4 is 15.4 Å². The number of ether oxygens (including phenoxy) is 1. The molecule has 4 rings (SSSR count). The van der Waals surface area contributed by atoms with Crippen molar-refractivity contribution in [1.29, 1.82) is 5.26 Å². The topological polar surface area (TPSA) is 111 Å². The first kappa shape index (κ1) is 30.5. The predicted octanol–water partition coefficient (Wildman–Crippen LogP) is 6.34. The largest absolute Gasteiger partial charge is 0.494 e. The number of hydrogen-bond donors (Lipinski definition) is 3. The highest BCUT2D eigenvalue weighted by Crippen LogP contribution is 2.52. The molecule has 41 heavy (non-hydrogen) atoms. The number of hydrogen-bond acceptors (Lipinski definition) is 8. The van der Waals surface area contributed by atoms with Crippen LogP contribution in [-0.2, 0) is 4.79 Å². The molecule has 0 fully saturated rings. The fourth-order valence-electron chi connectivity index (χ4n) is 4.46. The van der Waals surface area contributed by atoms with Crippen molar-refractivity contribution >= 4 is 52.1 Å². The Morgan fingerprint density at radius 1 is 1.20 bits per heavy atom. The first-order chi connectivity index (χ1) is 19.5. The van der Waals surface area contributed by atoms with Gasteiger partial charge in [-0.2, -0.15) is 18.4 Å². The molecule has 214 valence electrons. The van der Waals surface area contributed by atoms with Crippen molar-refractivity contribution in [3.8, 4) is 11.8 Å². The number of nitriles is 1. The van der Waals surface area contributed by atoms with E-state index in [-0.39, 0.29) is 21.0 Å². The maximum absolute atomic E-state index is 14.6. The van der Waals surface area contributed by atoms with Gasteiger partial charge in [0.1, 0.15) is 5.75 Å². The minimum absolute atomic E-state index is 0.0123. The zero-order valence-corrected chi connectivity index (χ0v) is 23.8. The molecule has 0 radical (unpaired) electrons. The van der Waals surface area contributed by atoms with Crippen LogP contribution in [0.25, 0.3) is 0 Å². The van der Waals surface area contributed by atoms with Gasteiger partial charge in [0.2, 0.25) is 11.6 Å². The van der Waals surface area contributed by atoms with Crippen molar-refractivity contribution in [1.82, 2.24) is 5.32 Å². The summed E-state index contributed by atoms with van der Waals surface area (Å²) in [6.07, 6.45) is -5.36. The molecule has 1 aromatic heterocycles. The van der Waals surface area contributed by atoms with E-state index in [0.29, 0.717) is 29.8 Å². The van der Waals surface area contributed by atoms with E-state index in [0.717, 1.165) is 11.3 Å². The lowest BCUT2D eigenvalue weighted by molar-refractivity contribution is -0.285. The van der Waals surface area contributed by atoms with Crippen LogP contribution in [0, 0.1) is 17.2 Å². The van der Waals surface area contributed by atoms with Crippen molar-refractivity contribution in [2.24, 2.45) is 5.92 Å². The number of halogens is 4. The number of nitrogens with one attached hydrogen (secondary N) is 2. The second kappa shape index (κ2) is 12.6. The third-order valence-corrected chi connectivity index (χ3v) is 8.53. The van der Waals surface area contributed by atoms with Gasteiger partial charge in [0.25, 0.3) is 0 Å². The van der Waals surface area contributed by atoms with Gasteiger partial charge < -0.3 is 20.5 Å². The lowest BCUT2D eigenvalue weighted by atomic mass is 9.70. The lowest BCUT2D eigenvalue weighted by Crippen LogP contribution is -2.66. The summed E-state index contributed by atoms with van der Waals surface area (Å²) in [7, 11) is 0. The van der Waals surface area contributed by atoms with Gasteiger partial charge in [0.15, 0.2) is 5.78 Å². The molecule has 0 bridgehead atoms. The Hall–Kier alpha value is -3.50. The number of Topliss-reactive ketones (excluding diaryl/α,β-unsaturated/α-hetero) is 1. The molecule has 1 aliphatic rings. The van der Waals surface area contributed by atoms with Crippen LogP contribution in [0.4, 0.5) is 18.9 Å². The smallest absolute Gasteiger partial charge is 0.437 e. The maximum Gasteiger partial charge on any atom is 0.437 e. The van der Waals surface area contributed by atoms with Crippen LogP contribution >= 0.6 is 34.7 Å². The Labute approximate surface area is 247 Å². The van der Waals surface area contributed by atoms with E-state index >= 15 is 0 Å². The molecule has 13 heteroatoms. The molecule has 3 aromatic rings. The van der Waals surface area contributed by atoms with Crippen LogP contribution in [0.1, 0.15) is 28.1 Å². The van der Waals surface area contributed by atoms with Crippen LogP contribution in [0.5, 0.6) is 5.75 Å². The van der Waals surface area contributed by atoms with Crippen molar-refractivity contribution in [3.63, 3.8) is 0 Å². The molecule has 3 N–H and O–H groups in total. The summed E-state index contributed by atoms with van der Waals surface area (Å²) < 4.78 is 49.3. The molecule has 1 aliphatic heterocycles. The van der Waals surface area contributed by atoms with Crippen LogP contribution in [0.2, 0.25) is 5.02 Å². The van der Waals surface area contributed by atoms with Crippen LogP contribution in [0.15, 0.2) is 76.6 Å². The second-order valence-electron chi connectivity index (χ2n) is 8.86. The van der Waals surface area contributed by atoms with Gasteiger partial charge in [-0.25, -0.2) is 0 Å². The summed E-state index contributed by atoms with van der Waals surface area (Å²) in [6, 6.07) is 17.1. The zero-order chi connectivity index (χ0) is 29.8. The highest BCUT2D eigenvalue weighted by molar-refractivity contribution is 8.03. The first-order valence-corrected chi connectivity index (χ1v) is 14.4. The number of allylic oxidation sites excluding steroid dienone is 1. The molecule has 2 heterocycles. The van der Waals surface area contributed by atoms with Gasteiger partial charge in [-0.15, -0.1) is 11.3 Å². The number of rotatable bonds is 9. The molecule has 0 unspecified atom stereocenters. The van der Waals surface area contributed by atoms with Crippen LogP contribution in [0.3, 0.4) is 0 Å². The fourth-order valence-corrected chi connectivity index (χ4v) is 6.32. The average molecular weight is 622 g/mol. The minimum atomic E-state index is -5.36. The number of carbonyl (C=O) groups is 2. The van der Waals surface area contributed by atoms with Gasteiger partial charge in [-0.05, 0) is 54.3 Å².